The van der Waals surface area contributed by atoms with Gasteiger partial charge in [-0.1, -0.05) is 81.1 Å². The van der Waals surface area contributed by atoms with Crippen molar-refractivity contribution < 1.29 is 9.59 Å². The van der Waals surface area contributed by atoms with Gasteiger partial charge < -0.3 is 20.9 Å². The van der Waals surface area contributed by atoms with Gasteiger partial charge >= 0.3 is 0 Å². The van der Waals surface area contributed by atoms with Crippen LogP contribution >= 0.6 is 11.6 Å². The van der Waals surface area contributed by atoms with Crippen LogP contribution in [-0.2, 0) is 22.6 Å². The van der Waals surface area contributed by atoms with Crippen molar-refractivity contribution in [1.29, 1.82) is 0 Å². The Morgan fingerprint density at radius 3 is 2.30 bits per heavy atom. The largest absolute Gasteiger partial charge is 0.369 e. The highest BCUT2D eigenvalue weighted by Gasteiger charge is 2.44. The van der Waals surface area contributed by atoms with Gasteiger partial charge in [0.2, 0.25) is 11.8 Å². The summed E-state index contributed by atoms with van der Waals surface area (Å²) < 4.78 is 0. The molecule has 2 aliphatic heterocycles. The molecule has 2 aromatic carbocycles. The van der Waals surface area contributed by atoms with Gasteiger partial charge in [0.1, 0.15) is 0 Å². The SMILES string of the molecule is CCN(CC)CC(C1CCCCC1)N1CCN(C(=O)C(Cc2ccc(Cl)cc2)C(C(N)=O)C2NCc3ccccc32)CC1. The van der Waals surface area contributed by atoms with E-state index in [1.807, 2.05) is 41.3 Å². The number of halogens is 1. The van der Waals surface area contributed by atoms with Crippen LogP contribution in [0, 0.1) is 17.8 Å². The van der Waals surface area contributed by atoms with E-state index < -0.39 is 17.7 Å². The molecule has 2 heterocycles. The molecule has 7 nitrogen and oxygen atoms in total. The van der Waals surface area contributed by atoms with Gasteiger partial charge in [-0.15, -0.1) is 0 Å². The average molecular weight is 608 g/mol. The lowest BCUT2D eigenvalue weighted by Gasteiger charge is -2.45. The number of carbonyl (C=O) groups is 2. The second-order valence-corrected chi connectivity index (χ2v) is 13.2. The standard InChI is InChI=1S/C35H50ClN5O2/c1-3-39(4-2)24-31(26-10-6-5-7-11-26)40-18-20-41(21-19-40)35(43)30(22-25-14-16-28(36)17-15-25)32(34(37)42)33-29-13-9-8-12-27(29)23-38-33/h8-9,12-17,26,30-33,38H,3-7,10-11,18-24H2,1-2H3,(H2,37,42). The van der Waals surface area contributed by atoms with Crippen LogP contribution in [0.1, 0.15) is 68.7 Å². The van der Waals surface area contributed by atoms with E-state index >= 15 is 0 Å². The van der Waals surface area contributed by atoms with Crippen molar-refractivity contribution in [3.05, 3.63) is 70.2 Å². The number of nitrogens with one attached hydrogen (secondary N) is 1. The van der Waals surface area contributed by atoms with Gasteiger partial charge in [-0.25, -0.2) is 0 Å². The fraction of sp³-hybridized carbons (Fsp3) is 0.600. The highest BCUT2D eigenvalue weighted by molar-refractivity contribution is 6.30. The smallest absolute Gasteiger partial charge is 0.226 e. The Balaban J connectivity index is 1.36. The molecule has 0 aromatic heterocycles. The fourth-order valence-electron chi connectivity index (χ4n) is 7.82. The van der Waals surface area contributed by atoms with Crippen LogP contribution in [0.25, 0.3) is 0 Å². The maximum absolute atomic E-state index is 14.5. The fourth-order valence-corrected chi connectivity index (χ4v) is 7.95. The van der Waals surface area contributed by atoms with Crippen molar-refractivity contribution in [2.24, 2.45) is 23.5 Å². The Bertz CT molecular complexity index is 1200. The third-order valence-electron chi connectivity index (χ3n) is 10.3. The quantitative estimate of drug-likeness (QED) is 0.359. The molecule has 2 amide bonds. The Morgan fingerprint density at radius 1 is 0.977 bits per heavy atom. The molecule has 0 radical (unpaired) electrons. The van der Waals surface area contributed by atoms with E-state index in [0.29, 0.717) is 37.1 Å². The van der Waals surface area contributed by atoms with Crippen LogP contribution < -0.4 is 11.1 Å². The van der Waals surface area contributed by atoms with Crippen molar-refractivity contribution in [3.8, 4) is 0 Å². The number of hydrogen-bond donors (Lipinski definition) is 2. The number of primary amides is 1. The van der Waals surface area contributed by atoms with Gasteiger partial charge in [0.05, 0.1) is 11.8 Å². The molecule has 5 rings (SSSR count). The average Bonchev–Trinajstić information content (AvgIpc) is 3.46. The normalized spacial score (nSPS) is 21.9. The Hall–Kier alpha value is -2.45. The minimum Gasteiger partial charge on any atom is -0.369 e. The van der Waals surface area contributed by atoms with Gasteiger partial charge in [-0.3, -0.25) is 14.5 Å². The molecule has 1 aliphatic carbocycles. The Morgan fingerprint density at radius 2 is 1.65 bits per heavy atom. The van der Waals surface area contributed by atoms with Gasteiger partial charge in [0, 0.05) is 56.4 Å². The topological polar surface area (TPSA) is 81.9 Å². The zero-order chi connectivity index (χ0) is 30.3. The number of nitrogens with zero attached hydrogens (tertiary/aromatic N) is 3. The van der Waals surface area contributed by atoms with Crippen LogP contribution in [-0.4, -0.2) is 78.4 Å². The van der Waals surface area contributed by atoms with Crippen molar-refractivity contribution in [1.82, 2.24) is 20.0 Å². The first-order valence-corrected chi connectivity index (χ1v) is 16.9. The lowest BCUT2D eigenvalue weighted by Crippen LogP contribution is -2.58. The number of benzene rings is 2. The number of rotatable bonds is 12. The second kappa shape index (κ2) is 15.0. The van der Waals surface area contributed by atoms with Crippen molar-refractivity contribution >= 4 is 23.4 Å². The molecule has 4 atom stereocenters. The summed E-state index contributed by atoms with van der Waals surface area (Å²) in [5.41, 5.74) is 9.36. The first-order valence-electron chi connectivity index (χ1n) is 16.5. The molecule has 1 saturated carbocycles. The maximum Gasteiger partial charge on any atom is 0.226 e. The monoisotopic (exact) mass is 607 g/mol. The molecule has 8 heteroatoms. The number of fused-ring (bicyclic) bond motifs is 1. The van der Waals surface area contributed by atoms with E-state index in [9.17, 15) is 9.59 Å². The van der Waals surface area contributed by atoms with E-state index in [0.717, 1.165) is 55.3 Å². The molecule has 0 bridgehead atoms. The first-order chi connectivity index (χ1) is 20.9. The molecular formula is C35H50ClN5O2. The third-order valence-corrected chi connectivity index (χ3v) is 10.6. The maximum atomic E-state index is 14.5. The van der Waals surface area contributed by atoms with Gasteiger partial charge in [0.15, 0.2) is 0 Å². The predicted octanol–water partition coefficient (Wildman–Crippen LogP) is 4.88. The van der Waals surface area contributed by atoms with Gasteiger partial charge in [-0.05, 0) is 67.1 Å². The summed E-state index contributed by atoms with van der Waals surface area (Å²) in [4.78, 5) is 34.9. The molecule has 234 valence electrons. The highest BCUT2D eigenvalue weighted by Crippen LogP contribution is 2.37. The second-order valence-electron chi connectivity index (χ2n) is 12.7. The predicted molar refractivity (Wildman–Crippen MR) is 174 cm³/mol. The molecule has 43 heavy (non-hydrogen) atoms. The number of carbonyl (C=O) groups excluding carboxylic acids is 2. The number of nitrogens with two attached hydrogens (primary N) is 1. The van der Waals surface area contributed by atoms with Crippen LogP contribution in [0.5, 0.6) is 0 Å². The van der Waals surface area contributed by atoms with Crippen LogP contribution in [0.15, 0.2) is 48.5 Å². The Labute approximate surface area is 263 Å². The summed E-state index contributed by atoms with van der Waals surface area (Å²) in [6.45, 7) is 11.5. The lowest BCUT2D eigenvalue weighted by atomic mass is 9.78. The minimum atomic E-state index is -0.664. The van der Waals surface area contributed by atoms with Crippen molar-refractivity contribution in [2.75, 3.05) is 45.8 Å². The molecule has 1 saturated heterocycles. The molecule has 2 fully saturated rings. The summed E-state index contributed by atoms with van der Waals surface area (Å²) in [5, 5.41) is 4.17. The van der Waals surface area contributed by atoms with Crippen LogP contribution in [0.3, 0.4) is 0 Å². The van der Waals surface area contributed by atoms with E-state index in [4.69, 9.17) is 17.3 Å². The summed E-state index contributed by atoms with van der Waals surface area (Å²) in [6, 6.07) is 16.0. The molecule has 3 N–H and O–H groups in total. The molecule has 4 unspecified atom stereocenters. The van der Waals surface area contributed by atoms with E-state index in [1.165, 1.54) is 32.1 Å². The molecule has 2 aromatic rings. The lowest BCUT2D eigenvalue weighted by molar-refractivity contribution is -0.144. The molecular weight excluding hydrogens is 558 g/mol. The third kappa shape index (κ3) is 7.62. The summed E-state index contributed by atoms with van der Waals surface area (Å²) in [5.74, 6) is -0.914. The summed E-state index contributed by atoms with van der Waals surface area (Å²) in [6.07, 6.45) is 7.08. The summed E-state index contributed by atoms with van der Waals surface area (Å²) >= 11 is 6.18. The van der Waals surface area contributed by atoms with Gasteiger partial charge in [-0.2, -0.15) is 0 Å². The molecule has 0 spiro atoms. The van der Waals surface area contributed by atoms with E-state index in [-0.39, 0.29) is 11.9 Å². The summed E-state index contributed by atoms with van der Waals surface area (Å²) in [7, 11) is 0. The van der Waals surface area contributed by atoms with Crippen molar-refractivity contribution in [2.45, 2.75) is 71.0 Å². The number of hydrogen-bond acceptors (Lipinski definition) is 5. The minimum absolute atomic E-state index is 0.0301. The zero-order valence-corrected chi connectivity index (χ0v) is 26.8. The van der Waals surface area contributed by atoms with Crippen LogP contribution in [0.4, 0.5) is 0 Å². The number of piperazine rings is 1. The van der Waals surface area contributed by atoms with Crippen molar-refractivity contribution in [3.63, 3.8) is 0 Å². The van der Waals surface area contributed by atoms with Crippen LogP contribution in [0.2, 0.25) is 5.02 Å². The zero-order valence-electron chi connectivity index (χ0n) is 26.0. The molecule has 3 aliphatic rings. The number of amides is 2. The van der Waals surface area contributed by atoms with Gasteiger partial charge in [0.25, 0.3) is 0 Å². The van der Waals surface area contributed by atoms with E-state index in [2.05, 4.69) is 41.1 Å². The van der Waals surface area contributed by atoms with E-state index in [1.54, 1.807) is 0 Å². The highest BCUT2D eigenvalue weighted by atomic mass is 35.5. The Kier molecular flexibility index (Phi) is 11.2. The first kappa shape index (κ1) is 32.0. The number of likely N-dealkylation sites (N-methyl/N-ethyl adjacent to an activating group) is 1.